The number of aromatic hydroxyl groups is 2. The lowest BCUT2D eigenvalue weighted by Crippen LogP contribution is -2.65. The fourth-order valence-corrected chi connectivity index (χ4v) is 9.01. The molecule has 17 heteroatoms. The van der Waals surface area contributed by atoms with Crippen LogP contribution in [0.4, 0.5) is 0 Å². The highest BCUT2D eigenvalue weighted by molar-refractivity contribution is 6.14. The first-order chi connectivity index (χ1) is 26.7. The SMILES string of the molecule is COC(=O)[C@@]12Oc3cc(C)c(-c4c(C)cc5c(c4O)C(O)=C4C(=O)C[C@@H](C)[C@@H](O)[C@@]4(CO[C@@H]4O[C@@H](C)[C@H](O)[C@@H](O)[C@H]4O)O5)c(O)c3C(O)=C1C(=O)[C@H](C)[C@@H](C)[C@@H]2O. The molecule has 1 saturated heterocycles. The van der Waals surface area contributed by atoms with Gasteiger partial charge >= 0.3 is 5.97 Å². The maximum absolute atomic E-state index is 13.7. The van der Waals surface area contributed by atoms with E-state index in [2.05, 4.69) is 0 Å². The molecule has 12 atom stereocenters. The largest absolute Gasteiger partial charge is 0.506 e. The number of hydrogen-bond donors (Lipinski definition) is 9. The van der Waals surface area contributed by atoms with E-state index < -0.39 is 141 Å². The molecule has 3 heterocycles. The number of ether oxygens (including phenoxy) is 5. The van der Waals surface area contributed by atoms with Gasteiger partial charge in [0, 0.05) is 23.5 Å². The van der Waals surface area contributed by atoms with Crippen molar-refractivity contribution >= 4 is 29.1 Å². The molecule has 2 aromatic rings. The molecule has 5 aliphatic rings. The van der Waals surface area contributed by atoms with E-state index in [1.807, 2.05) is 0 Å². The van der Waals surface area contributed by atoms with Crippen molar-refractivity contribution in [3.63, 3.8) is 0 Å². The van der Waals surface area contributed by atoms with Crippen molar-refractivity contribution in [3.05, 3.63) is 45.5 Å². The van der Waals surface area contributed by atoms with Gasteiger partial charge in [-0.25, -0.2) is 4.79 Å². The number of hydrogen-bond acceptors (Lipinski definition) is 17. The van der Waals surface area contributed by atoms with Gasteiger partial charge in [0.15, 0.2) is 23.5 Å². The van der Waals surface area contributed by atoms with E-state index in [0.29, 0.717) is 0 Å². The summed E-state index contributed by atoms with van der Waals surface area (Å²) in [7, 11) is 1.03. The molecule has 0 radical (unpaired) electrons. The number of esters is 1. The number of benzene rings is 2. The third-order valence-electron chi connectivity index (χ3n) is 12.4. The molecular formula is C40H46O17. The predicted octanol–water partition coefficient (Wildman–Crippen LogP) is 1.38. The van der Waals surface area contributed by atoms with E-state index in [1.165, 1.54) is 39.8 Å². The maximum atomic E-state index is 13.7. The summed E-state index contributed by atoms with van der Waals surface area (Å²) in [6, 6.07) is 2.68. The minimum absolute atomic E-state index is 0.108. The molecule has 2 saturated carbocycles. The smallest absolute Gasteiger partial charge is 0.358 e. The molecule has 0 aromatic heterocycles. The topological polar surface area (TPSA) is 279 Å². The summed E-state index contributed by atoms with van der Waals surface area (Å²) in [6.45, 7) is 8.37. The Bertz CT molecular complexity index is 2160. The number of methoxy groups -OCH3 is 1. The fourth-order valence-electron chi connectivity index (χ4n) is 9.01. The third kappa shape index (κ3) is 5.43. The molecule has 9 N–H and O–H groups in total. The minimum Gasteiger partial charge on any atom is -0.506 e. The van der Waals surface area contributed by atoms with Gasteiger partial charge in [-0.15, -0.1) is 0 Å². The summed E-state index contributed by atoms with van der Waals surface area (Å²) in [5.41, 5.74) is -6.35. The van der Waals surface area contributed by atoms with Gasteiger partial charge in [0.25, 0.3) is 5.60 Å². The van der Waals surface area contributed by atoms with Gasteiger partial charge in [-0.1, -0.05) is 20.8 Å². The molecule has 0 spiro atoms. The zero-order chi connectivity index (χ0) is 42.0. The number of phenolic OH excluding ortho intramolecular Hbond substituents is 2. The standard InChI is InChI=1S/C40H46O17/c1-12-9-19-23(31(46)25-18(41)8-14(3)35(50)39(25,56-19)11-54-37-34(49)33(48)28(43)17(6)55-37)29(44)21(12)22-13(2)10-20-24(30(22)45)32(47)26-27(42)15(4)16(5)36(51)40(26,57-20)38(52)53-7/h9-10,14-17,28,33-37,43-51H,8,11H2,1-7H3/t14-,15-,16-,17+,28+,33-,34-,35-,36+,37-,39+,40-/m1/s1. The van der Waals surface area contributed by atoms with Crippen LogP contribution in [0.3, 0.4) is 0 Å². The second kappa shape index (κ2) is 13.7. The molecule has 0 amide bonds. The molecule has 17 nitrogen and oxygen atoms in total. The number of phenols is 2. The van der Waals surface area contributed by atoms with Crippen LogP contribution in [-0.2, 0) is 28.6 Å². The Morgan fingerprint density at radius 1 is 0.772 bits per heavy atom. The number of rotatable bonds is 5. The number of carbonyl (C=O) groups excluding carboxylic acids is 3. The number of aryl methyl sites for hydroxylation is 2. The highest BCUT2D eigenvalue weighted by atomic mass is 16.7. The first-order valence-electron chi connectivity index (χ1n) is 18.5. The summed E-state index contributed by atoms with van der Waals surface area (Å²) in [5, 5.41) is 102. The lowest BCUT2D eigenvalue weighted by Gasteiger charge is -2.48. The first kappa shape index (κ1) is 40.4. The molecule has 2 aromatic carbocycles. The molecule has 308 valence electrons. The second-order valence-electron chi connectivity index (χ2n) is 15.8. The van der Waals surface area contributed by atoms with Gasteiger partial charge in [0.2, 0.25) is 0 Å². The number of fused-ring (bicyclic) bond motifs is 4. The van der Waals surface area contributed by atoms with E-state index in [0.717, 1.165) is 7.11 Å². The lowest BCUT2D eigenvalue weighted by atomic mass is 9.65. The number of aliphatic hydroxyl groups is 7. The molecular weight excluding hydrogens is 752 g/mol. The monoisotopic (exact) mass is 798 g/mol. The normalized spacial score (nSPS) is 36.1. The van der Waals surface area contributed by atoms with Crippen LogP contribution in [0.5, 0.6) is 23.0 Å². The van der Waals surface area contributed by atoms with Crippen LogP contribution < -0.4 is 9.47 Å². The van der Waals surface area contributed by atoms with Gasteiger partial charge in [0.05, 0.1) is 31.0 Å². The Morgan fingerprint density at radius 3 is 1.88 bits per heavy atom. The van der Waals surface area contributed by atoms with Crippen molar-refractivity contribution in [2.24, 2.45) is 17.8 Å². The third-order valence-corrected chi connectivity index (χ3v) is 12.4. The molecule has 3 fully saturated rings. The number of ketones is 2. The van der Waals surface area contributed by atoms with Crippen molar-refractivity contribution in [2.45, 2.75) is 102 Å². The van der Waals surface area contributed by atoms with Crippen LogP contribution in [0.1, 0.15) is 56.4 Å². The van der Waals surface area contributed by atoms with E-state index >= 15 is 0 Å². The van der Waals surface area contributed by atoms with Crippen LogP contribution in [-0.4, -0.2) is 131 Å². The molecule has 3 aliphatic heterocycles. The van der Waals surface area contributed by atoms with Crippen LogP contribution in [0.25, 0.3) is 22.6 Å². The van der Waals surface area contributed by atoms with Crippen molar-refractivity contribution in [2.75, 3.05) is 13.7 Å². The fraction of sp³-hybridized carbons (Fsp3) is 0.525. The average Bonchev–Trinajstić information content (AvgIpc) is 3.15. The van der Waals surface area contributed by atoms with Crippen LogP contribution in [0, 0.1) is 31.6 Å². The Morgan fingerprint density at radius 2 is 1.32 bits per heavy atom. The van der Waals surface area contributed by atoms with Gasteiger partial charge < -0.3 is 69.6 Å². The quantitative estimate of drug-likeness (QED) is 0.193. The van der Waals surface area contributed by atoms with Gasteiger partial charge in [-0.2, -0.15) is 0 Å². The molecule has 0 unspecified atom stereocenters. The van der Waals surface area contributed by atoms with E-state index in [9.17, 15) is 60.3 Å². The first-order valence-corrected chi connectivity index (χ1v) is 18.5. The van der Waals surface area contributed by atoms with Crippen LogP contribution in [0.15, 0.2) is 23.3 Å². The number of carbonyl (C=O) groups is 3. The Kier molecular flexibility index (Phi) is 9.71. The van der Waals surface area contributed by atoms with Gasteiger partial charge in [0.1, 0.15) is 76.2 Å². The van der Waals surface area contributed by atoms with E-state index in [4.69, 9.17) is 23.7 Å². The molecule has 0 bridgehead atoms. The van der Waals surface area contributed by atoms with Gasteiger partial charge in [-0.3, -0.25) is 9.59 Å². The summed E-state index contributed by atoms with van der Waals surface area (Å²) in [4.78, 5) is 40.8. The summed E-state index contributed by atoms with van der Waals surface area (Å²) >= 11 is 0. The van der Waals surface area contributed by atoms with E-state index in [1.54, 1.807) is 13.8 Å². The molecule has 57 heavy (non-hydrogen) atoms. The van der Waals surface area contributed by atoms with Crippen molar-refractivity contribution < 1.29 is 84.0 Å². The maximum Gasteiger partial charge on any atom is 0.358 e. The van der Waals surface area contributed by atoms with E-state index in [-0.39, 0.29) is 40.2 Å². The van der Waals surface area contributed by atoms with Crippen LogP contribution in [0.2, 0.25) is 0 Å². The zero-order valence-electron chi connectivity index (χ0n) is 32.1. The van der Waals surface area contributed by atoms with Crippen molar-refractivity contribution in [3.8, 4) is 34.1 Å². The highest BCUT2D eigenvalue weighted by Gasteiger charge is 2.65. The van der Waals surface area contributed by atoms with Crippen molar-refractivity contribution in [1.82, 2.24) is 0 Å². The minimum atomic E-state index is -2.47. The predicted molar refractivity (Wildman–Crippen MR) is 195 cm³/mol. The lowest BCUT2D eigenvalue weighted by molar-refractivity contribution is -0.302. The number of Topliss-reactive ketones (excluding diaryl/α,β-unsaturated/α-hetero) is 2. The zero-order valence-corrected chi connectivity index (χ0v) is 32.1. The summed E-state index contributed by atoms with van der Waals surface area (Å²) < 4.78 is 28.8. The second-order valence-corrected chi connectivity index (χ2v) is 15.8. The Balaban J connectivity index is 1.38. The van der Waals surface area contributed by atoms with Crippen LogP contribution >= 0.6 is 0 Å². The Labute approximate surface area is 325 Å². The average molecular weight is 799 g/mol. The summed E-state index contributed by atoms with van der Waals surface area (Å²) in [6.07, 6.45) is -10.8. The molecule has 2 aliphatic carbocycles. The Hall–Kier alpha value is -4.75. The van der Waals surface area contributed by atoms with Crippen molar-refractivity contribution in [1.29, 1.82) is 0 Å². The number of aliphatic hydroxyl groups excluding tert-OH is 7. The van der Waals surface area contributed by atoms with Gasteiger partial charge in [-0.05, 0) is 55.9 Å². The highest BCUT2D eigenvalue weighted by Crippen LogP contribution is 2.58. The summed E-state index contributed by atoms with van der Waals surface area (Å²) in [5.74, 6) is -8.58. The molecule has 7 rings (SSSR count).